The van der Waals surface area contributed by atoms with Gasteiger partial charge in [0, 0.05) is 17.4 Å². The van der Waals surface area contributed by atoms with Gasteiger partial charge in [-0.2, -0.15) is 0 Å². The molecule has 1 unspecified atom stereocenters. The van der Waals surface area contributed by atoms with Gasteiger partial charge < -0.3 is 9.51 Å². The second kappa shape index (κ2) is 6.33. The highest BCUT2D eigenvalue weighted by Crippen LogP contribution is 2.41. The lowest BCUT2D eigenvalue weighted by Gasteiger charge is -2.16. The van der Waals surface area contributed by atoms with Crippen molar-refractivity contribution >= 4 is 11.0 Å². The number of H-pyrrole nitrogens is 1. The molecule has 4 heteroatoms. The molecule has 0 saturated heterocycles. The third kappa shape index (κ3) is 2.84. The predicted molar refractivity (Wildman–Crippen MR) is 112 cm³/mol. The van der Waals surface area contributed by atoms with E-state index in [2.05, 4.69) is 60.4 Å². The molecule has 4 nitrogen and oxygen atoms in total. The Morgan fingerprint density at radius 3 is 2.61 bits per heavy atom. The molecule has 2 aromatic heterocycles. The Morgan fingerprint density at radius 1 is 1.11 bits per heavy atom. The van der Waals surface area contributed by atoms with Crippen molar-refractivity contribution in [1.82, 2.24) is 15.1 Å². The number of benzene rings is 2. The van der Waals surface area contributed by atoms with Crippen LogP contribution in [0.4, 0.5) is 0 Å². The first-order valence-corrected chi connectivity index (χ1v) is 10.0. The highest BCUT2D eigenvalue weighted by molar-refractivity contribution is 5.87. The van der Waals surface area contributed by atoms with Crippen LogP contribution in [0.5, 0.6) is 0 Å². The number of fused-ring (bicyclic) bond motifs is 1. The maximum Gasteiger partial charge on any atom is 0.141 e. The number of rotatable bonds is 4. The minimum atomic E-state index is 0.260. The molecular formula is C24H25N3O. The van der Waals surface area contributed by atoms with Gasteiger partial charge in [-0.3, -0.25) is 0 Å². The van der Waals surface area contributed by atoms with Gasteiger partial charge in [-0.1, -0.05) is 41.9 Å². The minimum absolute atomic E-state index is 0.260. The third-order valence-electron chi connectivity index (χ3n) is 5.94. The van der Waals surface area contributed by atoms with Gasteiger partial charge in [0.05, 0.1) is 16.7 Å². The van der Waals surface area contributed by atoms with Crippen molar-refractivity contribution in [3.05, 3.63) is 70.4 Å². The topological polar surface area (TPSA) is 54.7 Å². The van der Waals surface area contributed by atoms with E-state index in [0.717, 1.165) is 39.4 Å². The van der Waals surface area contributed by atoms with Crippen molar-refractivity contribution in [2.24, 2.45) is 0 Å². The van der Waals surface area contributed by atoms with E-state index in [1.165, 1.54) is 29.5 Å². The lowest BCUT2D eigenvalue weighted by atomic mass is 9.89. The van der Waals surface area contributed by atoms with Crippen LogP contribution in [-0.4, -0.2) is 15.1 Å². The quantitative estimate of drug-likeness (QED) is 0.466. The molecule has 2 heterocycles. The molecule has 1 aliphatic rings. The number of hydrogen-bond donors (Lipinski definition) is 1. The van der Waals surface area contributed by atoms with Crippen LogP contribution in [0.1, 0.15) is 65.6 Å². The van der Waals surface area contributed by atoms with Crippen molar-refractivity contribution in [3.63, 3.8) is 0 Å². The van der Waals surface area contributed by atoms with Gasteiger partial charge in [0.2, 0.25) is 0 Å². The summed E-state index contributed by atoms with van der Waals surface area (Å²) in [4.78, 5) is 8.60. The molecule has 1 N–H and O–H groups in total. The zero-order chi connectivity index (χ0) is 19.4. The SMILES string of the molecule is Cc1cccc(C(C)c2cc(-c3c(C)noc3C)cc3nc(C4CC4)[nH]c23)c1. The van der Waals surface area contributed by atoms with Crippen LogP contribution in [0.3, 0.4) is 0 Å². The maximum atomic E-state index is 5.44. The Labute approximate surface area is 165 Å². The first-order valence-electron chi connectivity index (χ1n) is 10.0. The molecule has 0 amide bonds. The predicted octanol–water partition coefficient (Wildman–Crippen LogP) is 6.17. The van der Waals surface area contributed by atoms with Gasteiger partial charge in [-0.15, -0.1) is 0 Å². The lowest BCUT2D eigenvalue weighted by Crippen LogP contribution is -1.99. The molecule has 4 aromatic rings. The largest absolute Gasteiger partial charge is 0.361 e. The van der Waals surface area contributed by atoms with Crippen LogP contribution in [-0.2, 0) is 0 Å². The molecule has 0 spiro atoms. The summed E-state index contributed by atoms with van der Waals surface area (Å²) in [5, 5.41) is 4.16. The van der Waals surface area contributed by atoms with Gasteiger partial charge in [-0.05, 0) is 62.4 Å². The summed E-state index contributed by atoms with van der Waals surface area (Å²) in [6, 6.07) is 13.2. The standard InChI is InChI=1S/C24H25N3O/c1-13-6-5-7-18(10-13)14(2)20-11-19(22-15(3)27-28-16(22)4)12-21-23(20)26-24(25-21)17-8-9-17/h5-7,10-12,14,17H,8-9H2,1-4H3,(H,25,26). The summed E-state index contributed by atoms with van der Waals surface area (Å²) < 4.78 is 5.44. The van der Waals surface area contributed by atoms with E-state index in [9.17, 15) is 0 Å². The van der Waals surface area contributed by atoms with E-state index in [-0.39, 0.29) is 5.92 Å². The normalized spacial score (nSPS) is 15.3. The Kier molecular flexibility index (Phi) is 3.90. The van der Waals surface area contributed by atoms with Crippen LogP contribution >= 0.6 is 0 Å². The summed E-state index contributed by atoms with van der Waals surface area (Å²) in [5.41, 5.74) is 9.20. The number of aromatic nitrogens is 3. The fraction of sp³-hybridized carbons (Fsp3) is 0.333. The molecule has 0 bridgehead atoms. The Morgan fingerprint density at radius 2 is 1.93 bits per heavy atom. The Balaban J connectivity index is 1.73. The number of aryl methyl sites for hydroxylation is 3. The zero-order valence-electron chi connectivity index (χ0n) is 16.8. The molecule has 142 valence electrons. The molecule has 28 heavy (non-hydrogen) atoms. The van der Waals surface area contributed by atoms with Gasteiger partial charge in [-0.25, -0.2) is 4.98 Å². The van der Waals surface area contributed by atoms with Crippen LogP contribution < -0.4 is 0 Å². The summed E-state index contributed by atoms with van der Waals surface area (Å²) in [7, 11) is 0. The van der Waals surface area contributed by atoms with Gasteiger partial charge in [0.1, 0.15) is 11.6 Å². The first-order chi connectivity index (χ1) is 13.5. The molecule has 1 fully saturated rings. The second-order valence-electron chi connectivity index (χ2n) is 8.19. The third-order valence-corrected chi connectivity index (χ3v) is 5.94. The van der Waals surface area contributed by atoms with Gasteiger partial charge >= 0.3 is 0 Å². The number of nitrogens with zero attached hydrogens (tertiary/aromatic N) is 2. The molecular weight excluding hydrogens is 346 g/mol. The van der Waals surface area contributed by atoms with E-state index in [1.54, 1.807) is 0 Å². The molecule has 1 aliphatic carbocycles. The fourth-order valence-corrected chi connectivity index (χ4v) is 4.21. The van der Waals surface area contributed by atoms with Crippen molar-refractivity contribution in [1.29, 1.82) is 0 Å². The molecule has 5 rings (SSSR count). The van der Waals surface area contributed by atoms with E-state index in [4.69, 9.17) is 9.51 Å². The Hall–Kier alpha value is -2.88. The molecule has 0 aliphatic heterocycles. The van der Waals surface area contributed by atoms with Crippen LogP contribution in [0.15, 0.2) is 40.9 Å². The number of hydrogen-bond acceptors (Lipinski definition) is 3. The minimum Gasteiger partial charge on any atom is -0.361 e. The highest BCUT2D eigenvalue weighted by atomic mass is 16.5. The summed E-state index contributed by atoms with van der Waals surface area (Å²) >= 11 is 0. The number of nitrogens with one attached hydrogen (secondary N) is 1. The summed E-state index contributed by atoms with van der Waals surface area (Å²) in [6.45, 7) is 8.40. The van der Waals surface area contributed by atoms with Crippen molar-refractivity contribution in [2.75, 3.05) is 0 Å². The lowest BCUT2D eigenvalue weighted by molar-refractivity contribution is 0.393. The molecule has 0 radical (unpaired) electrons. The smallest absolute Gasteiger partial charge is 0.141 e. The van der Waals surface area contributed by atoms with E-state index in [1.807, 2.05) is 13.8 Å². The van der Waals surface area contributed by atoms with Gasteiger partial charge in [0.15, 0.2) is 0 Å². The zero-order valence-corrected chi connectivity index (χ0v) is 16.8. The first kappa shape index (κ1) is 17.2. The number of imidazole rings is 1. The Bertz CT molecular complexity index is 1160. The maximum absolute atomic E-state index is 5.44. The van der Waals surface area contributed by atoms with E-state index in [0.29, 0.717) is 5.92 Å². The molecule has 1 atom stereocenters. The van der Waals surface area contributed by atoms with Crippen LogP contribution in [0.2, 0.25) is 0 Å². The summed E-state index contributed by atoms with van der Waals surface area (Å²) in [5.74, 6) is 2.83. The fourth-order valence-electron chi connectivity index (χ4n) is 4.21. The molecule has 2 aromatic carbocycles. The number of aromatic amines is 1. The average Bonchev–Trinajstić information content (AvgIpc) is 3.36. The second-order valence-corrected chi connectivity index (χ2v) is 8.19. The highest BCUT2D eigenvalue weighted by Gasteiger charge is 2.28. The van der Waals surface area contributed by atoms with Crippen molar-refractivity contribution < 1.29 is 4.52 Å². The van der Waals surface area contributed by atoms with E-state index < -0.39 is 0 Å². The van der Waals surface area contributed by atoms with E-state index >= 15 is 0 Å². The van der Waals surface area contributed by atoms with Crippen LogP contribution in [0.25, 0.3) is 22.2 Å². The van der Waals surface area contributed by atoms with Gasteiger partial charge in [0.25, 0.3) is 0 Å². The van der Waals surface area contributed by atoms with Crippen LogP contribution in [0, 0.1) is 20.8 Å². The van der Waals surface area contributed by atoms with Crippen molar-refractivity contribution in [3.8, 4) is 11.1 Å². The monoisotopic (exact) mass is 371 g/mol. The molecule has 1 saturated carbocycles. The average molecular weight is 371 g/mol. The van der Waals surface area contributed by atoms with Crippen molar-refractivity contribution in [2.45, 2.75) is 52.4 Å². The summed E-state index contributed by atoms with van der Waals surface area (Å²) in [6.07, 6.45) is 2.47.